The molecule has 0 saturated carbocycles. The largest absolute Gasteiger partial charge is 0.484 e. The number of H-pyrrole nitrogens is 1. The van der Waals surface area contributed by atoms with Crippen molar-refractivity contribution in [1.29, 1.82) is 0 Å². The maximum absolute atomic E-state index is 12.4. The average Bonchev–Trinajstić information content (AvgIpc) is 3.23. The van der Waals surface area contributed by atoms with Gasteiger partial charge in [-0.1, -0.05) is 17.7 Å². The van der Waals surface area contributed by atoms with Crippen LogP contribution in [0.4, 0.5) is 0 Å². The molecule has 1 aromatic heterocycles. The van der Waals surface area contributed by atoms with E-state index in [9.17, 15) is 9.59 Å². The van der Waals surface area contributed by atoms with Crippen molar-refractivity contribution >= 4 is 11.9 Å². The Morgan fingerprint density at radius 3 is 2.72 bits per heavy atom. The molecule has 0 bridgehead atoms. The molecule has 0 aliphatic carbocycles. The van der Waals surface area contributed by atoms with E-state index in [1.807, 2.05) is 31.2 Å². The van der Waals surface area contributed by atoms with Crippen LogP contribution in [0.1, 0.15) is 23.6 Å². The molecule has 1 aliphatic heterocycles. The average molecular weight is 344 g/mol. The van der Waals surface area contributed by atoms with E-state index in [1.54, 1.807) is 11.1 Å². The number of ether oxygens (including phenoxy) is 1. The monoisotopic (exact) mass is 344 g/mol. The Hall–Kier alpha value is -2.90. The summed E-state index contributed by atoms with van der Waals surface area (Å²) in [5.41, 5.74) is 1.80. The molecule has 1 aromatic carbocycles. The molecule has 1 fully saturated rings. The summed E-state index contributed by atoms with van der Waals surface area (Å²) in [5.74, 6) is -0.747. The smallest absolute Gasteiger partial charge is 0.303 e. The Bertz CT molecular complexity index is 730. The van der Waals surface area contributed by atoms with Crippen LogP contribution >= 0.6 is 0 Å². The van der Waals surface area contributed by atoms with Crippen molar-refractivity contribution < 1.29 is 19.4 Å². The van der Waals surface area contributed by atoms with Crippen LogP contribution in [-0.2, 0) is 9.59 Å². The number of carbonyl (C=O) groups excluding carboxylic acids is 1. The van der Waals surface area contributed by atoms with Gasteiger partial charge < -0.3 is 14.7 Å². The Balaban J connectivity index is 1.62. The summed E-state index contributed by atoms with van der Waals surface area (Å²) in [7, 11) is 0. The van der Waals surface area contributed by atoms with E-state index in [1.165, 1.54) is 0 Å². The van der Waals surface area contributed by atoms with Crippen LogP contribution in [0.15, 0.2) is 30.5 Å². The molecular formula is C17H20N4O4. The zero-order valence-electron chi connectivity index (χ0n) is 13.9. The number of nitrogens with zero attached hydrogens (tertiary/aromatic N) is 3. The number of nitrogens with one attached hydrogen (secondary N) is 1. The maximum atomic E-state index is 12.4. The van der Waals surface area contributed by atoms with E-state index >= 15 is 0 Å². The first-order valence-corrected chi connectivity index (χ1v) is 8.07. The number of amides is 1. The number of aliphatic carboxylic acids is 1. The van der Waals surface area contributed by atoms with E-state index in [0.29, 0.717) is 24.5 Å². The van der Waals surface area contributed by atoms with Gasteiger partial charge in [-0.05, 0) is 25.0 Å². The lowest BCUT2D eigenvalue weighted by Crippen LogP contribution is -2.33. The summed E-state index contributed by atoms with van der Waals surface area (Å²) < 4.78 is 5.54. The Morgan fingerprint density at radius 1 is 1.32 bits per heavy atom. The molecule has 0 unspecified atom stereocenters. The zero-order chi connectivity index (χ0) is 17.8. The van der Waals surface area contributed by atoms with E-state index < -0.39 is 5.97 Å². The second-order valence-electron chi connectivity index (χ2n) is 6.26. The van der Waals surface area contributed by atoms with Crippen molar-refractivity contribution in [2.24, 2.45) is 5.92 Å². The van der Waals surface area contributed by atoms with Crippen molar-refractivity contribution in [1.82, 2.24) is 20.3 Å². The van der Waals surface area contributed by atoms with Gasteiger partial charge in [-0.2, -0.15) is 15.4 Å². The standard InChI is InChI=1S/C17H20N4O4/c1-11-2-4-13(5-3-11)25-10-16(22)21-8-12(6-17(23)24)14(9-21)15-7-18-20-19-15/h2-5,7,12,14H,6,8-10H2,1H3,(H,23,24)(H,18,19,20)/t12-,14+/m1/s1. The third kappa shape index (κ3) is 4.14. The second kappa shape index (κ2) is 7.33. The topological polar surface area (TPSA) is 108 Å². The number of likely N-dealkylation sites (tertiary alicyclic amines) is 1. The van der Waals surface area contributed by atoms with Crippen LogP contribution in [0.3, 0.4) is 0 Å². The third-order valence-corrected chi connectivity index (χ3v) is 4.43. The first-order valence-electron chi connectivity index (χ1n) is 8.07. The van der Waals surface area contributed by atoms with Crippen molar-refractivity contribution in [2.45, 2.75) is 19.3 Å². The minimum absolute atomic E-state index is 0.0138. The number of rotatable bonds is 6. The molecule has 2 aromatic rings. The van der Waals surface area contributed by atoms with Crippen molar-refractivity contribution in [3.05, 3.63) is 41.7 Å². The molecule has 3 rings (SSSR count). The third-order valence-electron chi connectivity index (χ3n) is 4.43. The highest BCUT2D eigenvalue weighted by molar-refractivity contribution is 5.78. The minimum Gasteiger partial charge on any atom is -0.484 e. The lowest BCUT2D eigenvalue weighted by Gasteiger charge is -2.16. The molecule has 2 N–H and O–H groups in total. The molecule has 0 radical (unpaired) electrons. The van der Waals surface area contributed by atoms with Gasteiger partial charge in [0, 0.05) is 19.0 Å². The van der Waals surface area contributed by atoms with Gasteiger partial charge in [-0.3, -0.25) is 9.59 Å². The molecule has 132 valence electrons. The van der Waals surface area contributed by atoms with Gasteiger partial charge in [0.2, 0.25) is 0 Å². The minimum atomic E-state index is -0.885. The molecule has 1 saturated heterocycles. The summed E-state index contributed by atoms with van der Waals surface area (Å²) in [6, 6.07) is 7.47. The highest BCUT2D eigenvalue weighted by Crippen LogP contribution is 2.33. The Labute approximate surface area is 144 Å². The van der Waals surface area contributed by atoms with Gasteiger partial charge >= 0.3 is 5.97 Å². The van der Waals surface area contributed by atoms with Gasteiger partial charge in [-0.15, -0.1) is 0 Å². The Morgan fingerprint density at radius 2 is 2.08 bits per heavy atom. The first kappa shape index (κ1) is 16.9. The van der Waals surface area contributed by atoms with E-state index in [0.717, 1.165) is 5.56 Å². The maximum Gasteiger partial charge on any atom is 0.303 e. The lowest BCUT2D eigenvalue weighted by molar-refractivity contribution is -0.138. The molecule has 1 amide bonds. The number of aromatic amines is 1. The molecule has 8 heteroatoms. The number of carboxylic acids is 1. The summed E-state index contributed by atoms with van der Waals surface area (Å²) in [5, 5.41) is 19.5. The van der Waals surface area contributed by atoms with E-state index in [2.05, 4.69) is 15.4 Å². The molecular weight excluding hydrogens is 324 g/mol. The lowest BCUT2D eigenvalue weighted by atomic mass is 9.91. The normalized spacial score (nSPS) is 19.8. The summed E-state index contributed by atoms with van der Waals surface area (Å²) in [6.45, 7) is 2.70. The van der Waals surface area contributed by atoms with Gasteiger partial charge in [0.1, 0.15) is 5.75 Å². The second-order valence-corrected chi connectivity index (χ2v) is 6.26. The fourth-order valence-corrected chi connectivity index (χ4v) is 3.10. The number of aryl methyl sites for hydroxylation is 1. The van der Waals surface area contributed by atoms with Crippen LogP contribution in [0.25, 0.3) is 0 Å². The number of hydrogen-bond acceptors (Lipinski definition) is 5. The summed E-state index contributed by atoms with van der Waals surface area (Å²) in [4.78, 5) is 25.2. The molecule has 1 aliphatic rings. The van der Waals surface area contributed by atoms with Crippen LogP contribution in [-0.4, -0.2) is 57.0 Å². The van der Waals surface area contributed by atoms with E-state index in [4.69, 9.17) is 9.84 Å². The van der Waals surface area contributed by atoms with Crippen LogP contribution < -0.4 is 4.74 Å². The fourth-order valence-electron chi connectivity index (χ4n) is 3.10. The number of benzene rings is 1. The highest BCUT2D eigenvalue weighted by atomic mass is 16.5. The zero-order valence-corrected chi connectivity index (χ0v) is 13.9. The SMILES string of the molecule is Cc1ccc(OCC(=O)N2C[C@@H](CC(=O)O)[C@@H](c3cn[nH]n3)C2)cc1. The number of aromatic nitrogens is 3. The fraction of sp³-hybridized carbons (Fsp3) is 0.412. The van der Waals surface area contributed by atoms with Crippen LogP contribution in [0.5, 0.6) is 5.75 Å². The quantitative estimate of drug-likeness (QED) is 0.815. The van der Waals surface area contributed by atoms with Gasteiger partial charge in [0.15, 0.2) is 6.61 Å². The van der Waals surface area contributed by atoms with Gasteiger partial charge in [0.05, 0.1) is 18.3 Å². The van der Waals surface area contributed by atoms with Gasteiger partial charge in [0.25, 0.3) is 5.91 Å². The molecule has 8 nitrogen and oxygen atoms in total. The predicted octanol–water partition coefficient (Wildman–Crippen LogP) is 1.21. The number of carboxylic acid groups (broad SMARTS) is 1. The predicted molar refractivity (Wildman–Crippen MR) is 88.1 cm³/mol. The van der Waals surface area contributed by atoms with Crippen LogP contribution in [0, 0.1) is 12.8 Å². The molecule has 2 atom stereocenters. The van der Waals surface area contributed by atoms with Gasteiger partial charge in [-0.25, -0.2) is 0 Å². The summed E-state index contributed by atoms with van der Waals surface area (Å²) >= 11 is 0. The summed E-state index contributed by atoms with van der Waals surface area (Å²) in [6.07, 6.45) is 1.57. The van der Waals surface area contributed by atoms with Crippen molar-refractivity contribution in [3.8, 4) is 5.75 Å². The number of carbonyl (C=O) groups is 2. The van der Waals surface area contributed by atoms with E-state index in [-0.39, 0.29) is 30.8 Å². The first-order chi connectivity index (χ1) is 12.0. The molecule has 0 spiro atoms. The van der Waals surface area contributed by atoms with Crippen molar-refractivity contribution in [2.75, 3.05) is 19.7 Å². The van der Waals surface area contributed by atoms with Crippen LogP contribution in [0.2, 0.25) is 0 Å². The van der Waals surface area contributed by atoms with Crippen molar-refractivity contribution in [3.63, 3.8) is 0 Å². The Kier molecular flexibility index (Phi) is 4.97. The number of hydrogen-bond donors (Lipinski definition) is 2. The molecule has 2 heterocycles. The molecule has 25 heavy (non-hydrogen) atoms. The highest BCUT2D eigenvalue weighted by Gasteiger charge is 2.38.